The number of likely N-dealkylation sites (tertiary alicyclic amines) is 1. The van der Waals surface area contributed by atoms with Gasteiger partial charge in [-0.05, 0) is 42.0 Å². The summed E-state index contributed by atoms with van der Waals surface area (Å²) in [6.45, 7) is 0.245. The lowest BCUT2D eigenvalue weighted by molar-refractivity contribution is -0.139. The number of hydrogen-bond donors (Lipinski definition) is 1. The number of carbonyl (C=O) groups excluding carboxylic acids is 3. The van der Waals surface area contributed by atoms with Crippen LogP contribution < -0.4 is 5.32 Å². The molecule has 0 bridgehead atoms. The molecule has 1 aliphatic heterocycles. The number of pyridine rings is 1. The molecular weight excluding hydrogens is 342 g/mol. The monoisotopic (exact) mass is 359 g/mol. The maximum atomic E-state index is 12.6. The number of amides is 3. The number of nitrogens with zero attached hydrogens (tertiary/aromatic N) is 2. The maximum absolute atomic E-state index is 12.6. The molecule has 1 aromatic heterocycles. The highest BCUT2D eigenvalue weighted by Crippen LogP contribution is 2.22. The van der Waals surface area contributed by atoms with Crippen LogP contribution in [-0.4, -0.2) is 27.6 Å². The third-order valence-corrected chi connectivity index (χ3v) is 4.61. The minimum Gasteiger partial charge on any atom is -0.321 e. The number of aromatic nitrogens is 1. The van der Waals surface area contributed by atoms with E-state index < -0.39 is 0 Å². The molecule has 134 valence electrons. The summed E-state index contributed by atoms with van der Waals surface area (Å²) < 4.78 is 0. The molecule has 0 saturated carbocycles. The van der Waals surface area contributed by atoms with Crippen molar-refractivity contribution in [2.45, 2.75) is 19.4 Å². The molecule has 2 aromatic carbocycles. The Morgan fingerprint density at radius 1 is 0.963 bits per heavy atom. The van der Waals surface area contributed by atoms with Crippen molar-refractivity contribution >= 4 is 34.3 Å². The highest BCUT2D eigenvalue weighted by Gasteiger charge is 2.28. The molecule has 27 heavy (non-hydrogen) atoms. The van der Waals surface area contributed by atoms with Gasteiger partial charge in [-0.15, -0.1) is 0 Å². The second-order valence-electron chi connectivity index (χ2n) is 6.40. The fourth-order valence-corrected chi connectivity index (χ4v) is 3.15. The average Bonchev–Trinajstić information content (AvgIpc) is 3.01. The fraction of sp³-hybridized carbons (Fsp3) is 0.143. The van der Waals surface area contributed by atoms with Gasteiger partial charge in [-0.2, -0.15) is 0 Å². The highest BCUT2D eigenvalue weighted by molar-refractivity contribution is 6.08. The molecule has 6 heteroatoms. The standard InChI is InChI=1S/C21H17N3O3/c25-19-10-11-20(26)24(19)13-14-6-8-15(9-7-14)21(27)23-18-5-1-4-17-16(18)3-2-12-22-17/h1-9,12H,10-11,13H2,(H,23,27). The first-order valence-corrected chi connectivity index (χ1v) is 8.69. The zero-order valence-electron chi connectivity index (χ0n) is 14.5. The normalized spacial score (nSPS) is 14.0. The summed E-state index contributed by atoms with van der Waals surface area (Å²) in [5.41, 5.74) is 2.82. The van der Waals surface area contributed by atoms with Crippen LogP contribution in [0.4, 0.5) is 5.69 Å². The number of nitrogens with one attached hydrogen (secondary N) is 1. The van der Waals surface area contributed by atoms with Gasteiger partial charge in [0.15, 0.2) is 0 Å². The Hall–Kier alpha value is -3.54. The van der Waals surface area contributed by atoms with E-state index in [9.17, 15) is 14.4 Å². The minimum atomic E-state index is -0.230. The number of fused-ring (bicyclic) bond motifs is 1. The van der Waals surface area contributed by atoms with Crippen molar-refractivity contribution in [3.63, 3.8) is 0 Å². The van der Waals surface area contributed by atoms with Crippen LogP contribution in [0.3, 0.4) is 0 Å². The maximum Gasteiger partial charge on any atom is 0.255 e. The average molecular weight is 359 g/mol. The zero-order chi connectivity index (χ0) is 18.8. The van der Waals surface area contributed by atoms with E-state index in [2.05, 4.69) is 10.3 Å². The summed E-state index contributed by atoms with van der Waals surface area (Å²) in [6.07, 6.45) is 2.26. The number of imide groups is 1. The summed E-state index contributed by atoms with van der Waals surface area (Å²) in [7, 11) is 0. The molecular formula is C21H17N3O3. The first-order valence-electron chi connectivity index (χ1n) is 8.69. The van der Waals surface area contributed by atoms with Gasteiger partial charge >= 0.3 is 0 Å². The first kappa shape index (κ1) is 16.9. The van der Waals surface area contributed by atoms with Crippen LogP contribution in [0, 0.1) is 0 Å². The van der Waals surface area contributed by atoms with Crippen LogP contribution >= 0.6 is 0 Å². The first-order chi connectivity index (χ1) is 13.1. The van der Waals surface area contributed by atoms with E-state index in [4.69, 9.17) is 0 Å². The topological polar surface area (TPSA) is 79.4 Å². The van der Waals surface area contributed by atoms with Crippen LogP contribution in [0.25, 0.3) is 10.9 Å². The van der Waals surface area contributed by atoms with E-state index in [0.717, 1.165) is 16.5 Å². The molecule has 4 rings (SSSR count). The Morgan fingerprint density at radius 2 is 1.70 bits per heavy atom. The van der Waals surface area contributed by atoms with Crippen molar-refractivity contribution in [2.24, 2.45) is 0 Å². The molecule has 0 unspecified atom stereocenters. The van der Waals surface area contributed by atoms with E-state index in [1.54, 1.807) is 30.5 Å². The Bertz CT molecular complexity index is 1020. The van der Waals surface area contributed by atoms with Crippen molar-refractivity contribution in [1.82, 2.24) is 9.88 Å². The lowest BCUT2D eigenvalue weighted by Crippen LogP contribution is -2.28. The third-order valence-electron chi connectivity index (χ3n) is 4.61. The molecule has 3 aromatic rings. The van der Waals surface area contributed by atoms with E-state index in [1.807, 2.05) is 30.3 Å². The van der Waals surface area contributed by atoms with Gasteiger partial charge in [0, 0.05) is 30.0 Å². The second kappa shape index (κ2) is 6.99. The zero-order valence-corrected chi connectivity index (χ0v) is 14.5. The summed E-state index contributed by atoms with van der Waals surface area (Å²) in [5.74, 6) is -0.524. The van der Waals surface area contributed by atoms with Crippen molar-refractivity contribution in [3.8, 4) is 0 Å². The number of hydrogen-bond acceptors (Lipinski definition) is 4. The van der Waals surface area contributed by atoms with Gasteiger partial charge in [0.2, 0.25) is 11.8 Å². The summed E-state index contributed by atoms with van der Waals surface area (Å²) >= 11 is 0. The molecule has 0 aliphatic carbocycles. The fourth-order valence-electron chi connectivity index (χ4n) is 3.15. The molecule has 6 nitrogen and oxygen atoms in total. The van der Waals surface area contributed by atoms with Gasteiger partial charge in [0.05, 0.1) is 17.7 Å². The number of benzene rings is 2. The van der Waals surface area contributed by atoms with Gasteiger partial charge < -0.3 is 5.32 Å². The number of carbonyl (C=O) groups is 3. The van der Waals surface area contributed by atoms with Gasteiger partial charge in [0.25, 0.3) is 5.91 Å². The second-order valence-corrected chi connectivity index (χ2v) is 6.40. The van der Waals surface area contributed by atoms with Crippen molar-refractivity contribution in [1.29, 1.82) is 0 Å². The SMILES string of the molecule is O=C(Nc1cccc2ncccc12)c1ccc(CN2C(=O)CCC2=O)cc1. The molecule has 3 amide bonds. The molecule has 1 fully saturated rings. The van der Waals surface area contributed by atoms with E-state index in [-0.39, 0.29) is 37.1 Å². The largest absolute Gasteiger partial charge is 0.321 e. The predicted octanol–water partition coefficient (Wildman–Crippen LogP) is 3.14. The predicted molar refractivity (Wildman–Crippen MR) is 101 cm³/mol. The Balaban J connectivity index is 1.49. The summed E-state index contributed by atoms with van der Waals surface area (Å²) in [5, 5.41) is 3.78. The molecule has 1 saturated heterocycles. The molecule has 2 heterocycles. The molecule has 0 atom stereocenters. The lowest BCUT2D eigenvalue weighted by atomic mass is 10.1. The third kappa shape index (κ3) is 3.42. The Labute approximate surface area is 155 Å². The van der Waals surface area contributed by atoms with E-state index >= 15 is 0 Å². The molecule has 1 N–H and O–H groups in total. The van der Waals surface area contributed by atoms with Gasteiger partial charge in [-0.25, -0.2) is 0 Å². The van der Waals surface area contributed by atoms with Gasteiger partial charge in [-0.3, -0.25) is 24.3 Å². The summed E-state index contributed by atoms with van der Waals surface area (Å²) in [4.78, 5) is 41.5. The van der Waals surface area contributed by atoms with Gasteiger partial charge in [-0.1, -0.05) is 18.2 Å². The minimum absolute atomic E-state index is 0.147. The number of anilines is 1. The van der Waals surface area contributed by atoms with Crippen molar-refractivity contribution < 1.29 is 14.4 Å². The molecule has 0 radical (unpaired) electrons. The Morgan fingerprint density at radius 3 is 2.44 bits per heavy atom. The van der Waals surface area contributed by atoms with Crippen LogP contribution in [0.5, 0.6) is 0 Å². The summed E-state index contributed by atoms with van der Waals surface area (Å²) in [6, 6.07) is 16.2. The lowest BCUT2D eigenvalue weighted by Gasteiger charge is -2.14. The van der Waals surface area contributed by atoms with Gasteiger partial charge in [0.1, 0.15) is 0 Å². The van der Waals surface area contributed by atoms with Crippen LogP contribution in [-0.2, 0) is 16.1 Å². The molecule has 0 spiro atoms. The Kier molecular flexibility index (Phi) is 4.38. The molecule has 1 aliphatic rings. The van der Waals surface area contributed by atoms with E-state index in [1.165, 1.54) is 4.90 Å². The number of rotatable bonds is 4. The van der Waals surface area contributed by atoms with Crippen molar-refractivity contribution in [2.75, 3.05) is 5.32 Å². The smallest absolute Gasteiger partial charge is 0.255 e. The van der Waals surface area contributed by atoms with Crippen LogP contribution in [0.15, 0.2) is 60.8 Å². The van der Waals surface area contributed by atoms with Crippen molar-refractivity contribution in [3.05, 3.63) is 71.9 Å². The van der Waals surface area contributed by atoms with Crippen LogP contribution in [0.2, 0.25) is 0 Å². The quantitative estimate of drug-likeness (QED) is 0.726. The highest BCUT2D eigenvalue weighted by atomic mass is 16.2. The van der Waals surface area contributed by atoms with E-state index in [0.29, 0.717) is 11.3 Å². The van der Waals surface area contributed by atoms with Crippen LogP contribution in [0.1, 0.15) is 28.8 Å².